The van der Waals surface area contributed by atoms with E-state index in [1.54, 1.807) is 40.8 Å². The van der Waals surface area contributed by atoms with Crippen molar-refractivity contribution >= 4 is 60.6 Å². The summed E-state index contributed by atoms with van der Waals surface area (Å²) in [5.41, 5.74) is 1.74. The third kappa shape index (κ3) is 2.21. The molecule has 76 valence electrons. The lowest BCUT2D eigenvalue weighted by molar-refractivity contribution is 0.110. The van der Waals surface area contributed by atoms with E-state index in [0.29, 0.717) is 16.6 Å². The van der Waals surface area contributed by atoms with E-state index in [0.717, 1.165) is 0 Å². The lowest BCUT2D eigenvalue weighted by Gasteiger charge is -2.00. The second-order valence-corrected chi connectivity index (χ2v) is 4.48. The minimum absolute atomic E-state index is 0.0534. The zero-order valence-corrected chi connectivity index (χ0v) is 10.8. The van der Waals surface area contributed by atoms with Gasteiger partial charge in [-0.05, 0) is 18.2 Å². The molecule has 0 bridgehead atoms. The second-order valence-electron chi connectivity index (χ2n) is 2.78. The van der Waals surface area contributed by atoms with Crippen molar-refractivity contribution in [3.8, 4) is 0 Å². The SMILES string of the molecule is O=C(I)c1ccc2nc(Cl)c(Cl)nc2c1. The summed E-state index contributed by atoms with van der Waals surface area (Å²) in [5.74, 6) is 0. The Morgan fingerprint density at radius 2 is 1.73 bits per heavy atom. The van der Waals surface area contributed by atoms with Gasteiger partial charge in [-0.1, -0.05) is 23.2 Å². The lowest BCUT2D eigenvalue weighted by Crippen LogP contribution is -1.91. The predicted octanol–water partition coefficient (Wildman–Crippen LogP) is 3.51. The van der Waals surface area contributed by atoms with Gasteiger partial charge in [0.2, 0.25) is 3.79 Å². The molecule has 0 N–H and O–H groups in total. The highest BCUT2D eigenvalue weighted by Crippen LogP contribution is 2.22. The highest BCUT2D eigenvalue weighted by Gasteiger charge is 2.07. The van der Waals surface area contributed by atoms with Crippen LogP contribution in [0, 0.1) is 0 Å². The largest absolute Gasteiger partial charge is 0.282 e. The van der Waals surface area contributed by atoms with Gasteiger partial charge in [0, 0.05) is 28.2 Å². The van der Waals surface area contributed by atoms with Gasteiger partial charge in [-0.3, -0.25) is 4.79 Å². The van der Waals surface area contributed by atoms with E-state index in [2.05, 4.69) is 9.97 Å². The van der Waals surface area contributed by atoms with Crippen LogP contribution in [-0.2, 0) is 0 Å². The molecule has 1 heterocycles. The molecule has 6 heteroatoms. The molecule has 0 saturated heterocycles. The van der Waals surface area contributed by atoms with Crippen molar-refractivity contribution in [2.75, 3.05) is 0 Å². The Labute approximate surface area is 109 Å². The highest BCUT2D eigenvalue weighted by molar-refractivity contribution is 14.1. The lowest BCUT2D eigenvalue weighted by atomic mass is 10.2. The van der Waals surface area contributed by atoms with E-state index >= 15 is 0 Å². The summed E-state index contributed by atoms with van der Waals surface area (Å²) in [4.78, 5) is 19.2. The van der Waals surface area contributed by atoms with Crippen LogP contribution in [0.4, 0.5) is 0 Å². The Kier molecular flexibility index (Phi) is 3.08. The van der Waals surface area contributed by atoms with Crippen molar-refractivity contribution in [1.82, 2.24) is 9.97 Å². The summed E-state index contributed by atoms with van der Waals surface area (Å²) in [6.45, 7) is 0. The number of fused-ring (bicyclic) bond motifs is 1. The maximum Gasteiger partial charge on any atom is 0.222 e. The third-order valence-corrected chi connectivity index (χ3v) is 3.06. The van der Waals surface area contributed by atoms with Crippen LogP contribution in [0.25, 0.3) is 11.0 Å². The molecular formula is C9H3Cl2IN2O. The Bertz CT molecular complexity index is 559. The monoisotopic (exact) mass is 352 g/mol. The van der Waals surface area contributed by atoms with Gasteiger partial charge in [0.25, 0.3) is 0 Å². The van der Waals surface area contributed by atoms with Crippen molar-refractivity contribution in [1.29, 1.82) is 0 Å². The highest BCUT2D eigenvalue weighted by atomic mass is 127. The Balaban J connectivity index is 2.72. The number of halogens is 3. The first-order chi connectivity index (χ1) is 7.08. The first-order valence-corrected chi connectivity index (χ1v) is 5.74. The van der Waals surface area contributed by atoms with Crippen molar-refractivity contribution in [3.63, 3.8) is 0 Å². The third-order valence-electron chi connectivity index (χ3n) is 1.81. The maximum atomic E-state index is 11.1. The number of rotatable bonds is 1. The van der Waals surface area contributed by atoms with Crippen LogP contribution in [0.15, 0.2) is 18.2 Å². The average molecular weight is 353 g/mol. The number of benzene rings is 1. The summed E-state index contributed by atoms with van der Waals surface area (Å²) < 4.78 is -0.0534. The molecular weight excluding hydrogens is 350 g/mol. The van der Waals surface area contributed by atoms with Crippen LogP contribution in [0.2, 0.25) is 10.3 Å². The van der Waals surface area contributed by atoms with Crippen molar-refractivity contribution in [2.24, 2.45) is 0 Å². The molecule has 0 spiro atoms. The molecule has 0 aliphatic rings. The number of hydrogen-bond acceptors (Lipinski definition) is 3. The van der Waals surface area contributed by atoms with E-state index in [-0.39, 0.29) is 14.1 Å². The first-order valence-electron chi connectivity index (χ1n) is 3.90. The number of nitrogens with zero attached hydrogens (tertiary/aromatic N) is 2. The molecule has 0 amide bonds. The van der Waals surface area contributed by atoms with E-state index in [1.165, 1.54) is 0 Å². The van der Waals surface area contributed by atoms with Crippen LogP contribution in [0.5, 0.6) is 0 Å². The standard InChI is InChI=1S/C9H3Cl2IN2O/c10-7-8(11)14-6-3-4(9(12)15)1-2-5(6)13-7/h1-3H. The molecule has 1 aromatic heterocycles. The van der Waals surface area contributed by atoms with Gasteiger partial charge >= 0.3 is 0 Å². The van der Waals surface area contributed by atoms with Gasteiger partial charge in [0.05, 0.1) is 11.0 Å². The molecule has 0 aliphatic carbocycles. The summed E-state index contributed by atoms with van der Waals surface area (Å²) in [6, 6.07) is 5.01. The van der Waals surface area contributed by atoms with Crippen LogP contribution in [0.3, 0.4) is 0 Å². The van der Waals surface area contributed by atoms with Crippen LogP contribution < -0.4 is 0 Å². The van der Waals surface area contributed by atoms with Crippen LogP contribution >= 0.6 is 45.8 Å². The molecule has 0 aliphatic heterocycles. The van der Waals surface area contributed by atoms with Gasteiger partial charge < -0.3 is 0 Å². The summed E-state index contributed by atoms with van der Waals surface area (Å²) >= 11 is 13.2. The fourth-order valence-corrected chi connectivity index (χ4v) is 1.74. The number of aromatic nitrogens is 2. The average Bonchev–Trinajstić information content (AvgIpc) is 2.19. The maximum absolute atomic E-state index is 11.1. The summed E-state index contributed by atoms with van der Waals surface area (Å²) in [6.07, 6.45) is 0. The van der Waals surface area contributed by atoms with Crippen LogP contribution in [-0.4, -0.2) is 13.8 Å². The minimum atomic E-state index is -0.0534. The Morgan fingerprint density at radius 1 is 1.13 bits per heavy atom. The van der Waals surface area contributed by atoms with Crippen molar-refractivity contribution in [3.05, 3.63) is 34.1 Å². The number of carbonyl (C=O) groups is 1. The molecule has 15 heavy (non-hydrogen) atoms. The van der Waals surface area contributed by atoms with Gasteiger partial charge in [-0.25, -0.2) is 9.97 Å². The van der Waals surface area contributed by atoms with E-state index in [9.17, 15) is 4.79 Å². The number of hydrogen-bond donors (Lipinski definition) is 0. The van der Waals surface area contributed by atoms with Crippen LogP contribution in [0.1, 0.15) is 10.4 Å². The molecule has 2 rings (SSSR count). The smallest absolute Gasteiger partial charge is 0.222 e. The van der Waals surface area contributed by atoms with Gasteiger partial charge in [-0.15, -0.1) is 0 Å². The van der Waals surface area contributed by atoms with E-state index in [1.807, 2.05) is 0 Å². The molecule has 0 atom stereocenters. The van der Waals surface area contributed by atoms with Crippen molar-refractivity contribution < 1.29 is 4.79 Å². The van der Waals surface area contributed by atoms with E-state index < -0.39 is 0 Å². The predicted molar refractivity (Wildman–Crippen MR) is 67.9 cm³/mol. The minimum Gasteiger partial charge on any atom is -0.282 e. The van der Waals surface area contributed by atoms with Crippen molar-refractivity contribution in [2.45, 2.75) is 0 Å². The fraction of sp³-hybridized carbons (Fsp3) is 0. The molecule has 0 fully saturated rings. The fourth-order valence-electron chi connectivity index (χ4n) is 1.13. The first kappa shape index (κ1) is 11.0. The normalized spacial score (nSPS) is 10.6. The summed E-state index contributed by atoms with van der Waals surface area (Å²) in [5, 5.41) is 0.306. The molecule has 3 nitrogen and oxygen atoms in total. The molecule has 0 radical (unpaired) electrons. The molecule has 1 aromatic carbocycles. The molecule has 0 saturated carbocycles. The quantitative estimate of drug-likeness (QED) is 0.582. The topological polar surface area (TPSA) is 42.9 Å². The van der Waals surface area contributed by atoms with Gasteiger partial charge in [-0.2, -0.15) is 0 Å². The Hall–Kier alpha value is -0.460. The molecule has 0 unspecified atom stereocenters. The number of carbonyl (C=O) groups excluding carboxylic acids is 1. The second kappa shape index (κ2) is 4.19. The zero-order valence-electron chi connectivity index (χ0n) is 7.17. The van der Waals surface area contributed by atoms with Gasteiger partial charge in [0.15, 0.2) is 10.3 Å². The van der Waals surface area contributed by atoms with E-state index in [4.69, 9.17) is 23.2 Å². The zero-order chi connectivity index (χ0) is 11.0. The summed E-state index contributed by atoms with van der Waals surface area (Å²) in [7, 11) is 0. The van der Waals surface area contributed by atoms with Gasteiger partial charge in [0.1, 0.15) is 0 Å². The molecule has 2 aromatic rings. The Morgan fingerprint density at radius 3 is 2.33 bits per heavy atom.